The number of hydrogen-bond acceptors (Lipinski definition) is 5. The van der Waals surface area contributed by atoms with Crippen LogP contribution in [0.2, 0.25) is 0 Å². The zero-order chi connectivity index (χ0) is 20.9. The number of hydrogen-bond donors (Lipinski definition) is 1. The van der Waals surface area contributed by atoms with E-state index in [0.29, 0.717) is 17.4 Å². The number of aromatic nitrogens is 3. The van der Waals surface area contributed by atoms with Gasteiger partial charge in [-0.1, -0.05) is 42.1 Å². The number of nitrogens with zero attached hydrogens (tertiary/aromatic N) is 3. The Bertz CT molecular complexity index is 960. The maximum absolute atomic E-state index is 12.2. The van der Waals surface area contributed by atoms with Crippen molar-refractivity contribution in [1.82, 2.24) is 14.8 Å². The van der Waals surface area contributed by atoms with Crippen LogP contribution in [-0.2, 0) is 11.3 Å². The number of ether oxygens (including phenoxy) is 1. The number of carbonyl (C=O) groups is 1. The quantitative estimate of drug-likeness (QED) is 0.564. The number of rotatable bonds is 7. The number of anilines is 1. The Balaban J connectivity index is 1.59. The van der Waals surface area contributed by atoms with Gasteiger partial charge in [0.2, 0.25) is 5.91 Å². The zero-order valence-electron chi connectivity index (χ0n) is 15.3. The molecule has 0 bridgehead atoms. The average Bonchev–Trinajstić information content (AvgIpc) is 3.10. The Morgan fingerprint density at radius 3 is 2.41 bits per heavy atom. The van der Waals surface area contributed by atoms with E-state index < -0.39 is 6.36 Å². The van der Waals surface area contributed by atoms with Crippen molar-refractivity contribution in [3.63, 3.8) is 0 Å². The molecular weight excluding hydrogens is 405 g/mol. The van der Waals surface area contributed by atoms with Crippen molar-refractivity contribution in [2.45, 2.75) is 25.0 Å². The fourth-order valence-electron chi connectivity index (χ4n) is 2.55. The average molecular weight is 422 g/mol. The summed E-state index contributed by atoms with van der Waals surface area (Å²) in [6.45, 7) is 2.60. The second-order valence-corrected chi connectivity index (χ2v) is 6.77. The number of carbonyl (C=O) groups excluding carboxylic acids is 1. The molecule has 0 spiro atoms. The number of amides is 1. The van der Waals surface area contributed by atoms with E-state index in [1.54, 1.807) is 0 Å². The standard InChI is InChI=1S/C19H17F3N4O2S/c1-2-26-17(13-6-4-3-5-7-13)24-25-18(26)29-12-16(27)23-14-8-10-15(11-9-14)28-19(20,21)22/h3-11H,2,12H2,1H3,(H,23,27). The summed E-state index contributed by atoms with van der Waals surface area (Å²) in [4.78, 5) is 12.2. The van der Waals surface area contributed by atoms with Gasteiger partial charge in [0.25, 0.3) is 0 Å². The molecular formula is C19H17F3N4O2S. The molecule has 2 aromatic carbocycles. The molecule has 0 aliphatic heterocycles. The van der Waals surface area contributed by atoms with Gasteiger partial charge in [0.15, 0.2) is 11.0 Å². The highest BCUT2D eigenvalue weighted by Crippen LogP contribution is 2.25. The second-order valence-electron chi connectivity index (χ2n) is 5.83. The van der Waals surface area contributed by atoms with E-state index in [1.165, 1.54) is 23.9 Å². The van der Waals surface area contributed by atoms with Gasteiger partial charge in [-0.2, -0.15) is 0 Å². The molecule has 1 amide bonds. The van der Waals surface area contributed by atoms with E-state index in [4.69, 9.17) is 0 Å². The van der Waals surface area contributed by atoms with Crippen LogP contribution in [0.5, 0.6) is 5.75 Å². The molecule has 1 heterocycles. The van der Waals surface area contributed by atoms with Crippen molar-refractivity contribution in [2.24, 2.45) is 0 Å². The summed E-state index contributed by atoms with van der Waals surface area (Å²) in [6.07, 6.45) is -4.75. The SMILES string of the molecule is CCn1c(SCC(=O)Nc2ccc(OC(F)(F)F)cc2)nnc1-c1ccccc1. The zero-order valence-corrected chi connectivity index (χ0v) is 16.1. The monoisotopic (exact) mass is 422 g/mol. The molecule has 0 fully saturated rings. The summed E-state index contributed by atoms with van der Waals surface area (Å²) < 4.78 is 42.2. The van der Waals surface area contributed by atoms with E-state index in [0.717, 1.165) is 23.5 Å². The van der Waals surface area contributed by atoms with Crippen LogP contribution >= 0.6 is 11.8 Å². The first-order valence-corrected chi connectivity index (χ1v) is 9.61. The van der Waals surface area contributed by atoms with Crippen molar-refractivity contribution >= 4 is 23.4 Å². The molecule has 0 saturated carbocycles. The van der Waals surface area contributed by atoms with Gasteiger partial charge in [0.05, 0.1) is 5.75 Å². The second kappa shape index (κ2) is 8.99. The van der Waals surface area contributed by atoms with Crippen molar-refractivity contribution in [1.29, 1.82) is 0 Å². The third-order valence-corrected chi connectivity index (χ3v) is 4.74. The first-order valence-electron chi connectivity index (χ1n) is 8.63. The molecule has 1 aromatic heterocycles. The Morgan fingerprint density at radius 2 is 1.79 bits per heavy atom. The van der Waals surface area contributed by atoms with Crippen molar-refractivity contribution in [3.8, 4) is 17.1 Å². The van der Waals surface area contributed by atoms with Crippen LogP contribution in [0.1, 0.15) is 6.92 Å². The highest BCUT2D eigenvalue weighted by atomic mass is 32.2. The van der Waals surface area contributed by atoms with E-state index in [-0.39, 0.29) is 17.4 Å². The fraction of sp³-hybridized carbons (Fsp3) is 0.211. The van der Waals surface area contributed by atoms with Gasteiger partial charge in [0, 0.05) is 17.8 Å². The minimum absolute atomic E-state index is 0.0771. The molecule has 0 aliphatic carbocycles. The van der Waals surface area contributed by atoms with Gasteiger partial charge >= 0.3 is 6.36 Å². The molecule has 0 unspecified atom stereocenters. The lowest BCUT2D eigenvalue weighted by atomic mass is 10.2. The van der Waals surface area contributed by atoms with Crippen LogP contribution in [0.3, 0.4) is 0 Å². The maximum Gasteiger partial charge on any atom is 0.573 e. The van der Waals surface area contributed by atoms with Crippen LogP contribution in [0.25, 0.3) is 11.4 Å². The Hall–Kier alpha value is -3.01. The topological polar surface area (TPSA) is 69.0 Å². The van der Waals surface area contributed by atoms with Crippen LogP contribution < -0.4 is 10.1 Å². The van der Waals surface area contributed by atoms with E-state index >= 15 is 0 Å². The predicted octanol–water partition coefficient (Wildman–Crippen LogP) is 4.59. The summed E-state index contributed by atoms with van der Waals surface area (Å²) in [5, 5.41) is 11.6. The molecule has 1 N–H and O–H groups in total. The molecule has 6 nitrogen and oxygen atoms in total. The van der Waals surface area contributed by atoms with Gasteiger partial charge in [-0.05, 0) is 31.2 Å². The largest absolute Gasteiger partial charge is 0.573 e. The lowest BCUT2D eigenvalue weighted by Crippen LogP contribution is -2.17. The summed E-state index contributed by atoms with van der Waals surface area (Å²) in [5.74, 6) is 0.130. The Kier molecular flexibility index (Phi) is 6.42. The first-order chi connectivity index (χ1) is 13.9. The van der Waals surface area contributed by atoms with Crippen LogP contribution in [-0.4, -0.2) is 32.8 Å². The normalized spacial score (nSPS) is 11.3. The molecule has 0 saturated heterocycles. The molecule has 29 heavy (non-hydrogen) atoms. The molecule has 0 atom stereocenters. The molecule has 0 aliphatic rings. The summed E-state index contributed by atoms with van der Waals surface area (Å²) in [6, 6.07) is 14.6. The van der Waals surface area contributed by atoms with Crippen LogP contribution in [0, 0.1) is 0 Å². The third-order valence-electron chi connectivity index (χ3n) is 3.77. The Morgan fingerprint density at radius 1 is 1.10 bits per heavy atom. The maximum atomic E-state index is 12.2. The third kappa shape index (κ3) is 5.74. The van der Waals surface area contributed by atoms with Crippen molar-refractivity contribution in [3.05, 3.63) is 54.6 Å². The van der Waals surface area contributed by atoms with Gasteiger partial charge < -0.3 is 14.6 Å². The van der Waals surface area contributed by atoms with Gasteiger partial charge in [-0.25, -0.2) is 0 Å². The highest BCUT2D eigenvalue weighted by molar-refractivity contribution is 7.99. The molecule has 3 aromatic rings. The van der Waals surface area contributed by atoms with Crippen molar-refractivity contribution < 1.29 is 22.7 Å². The van der Waals surface area contributed by atoms with Gasteiger partial charge in [-0.15, -0.1) is 23.4 Å². The molecule has 152 valence electrons. The van der Waals surface area contributed by atoms with E-state index in [2.05, 4.69) is 20.3 Å². The molecule has 3 rings (SSSR count). The van der Waals surface area contributed by atoms with Crippen LogP contribution in [0.15, 0.2) is 59.8 Å². The summed E-state index contributed by atoms with van der Waals surface area (Å²) >= 11 is 1.23. The van der Waals surface area contributed by atoms with Crippen molar-refractivity contribution in [2.75, 3.05) is 11.1 Å². The number of benzene rings is 2. The number of nitrogens with one attached hydrogen (secondary N) is 1. The van der Waals surface area contributed by atoms with Crippen LogP contribution in [0.4, 0.5) is 18.9 Å². The van der Waals surface area contributed by atoms with E-state index in [9.17, 15) is 18.0 Å². The summed E-state index contributed by atoms with van der Waals surface area (Å²) in [5.41, 5.74) is 1.30. The summed E-state index contributed by atoms with van der Waals surface area (Å²) in [7, 11) is 0. The number of thioether (sulfide) groups is 1. The minimum Gasteiger partial charge on any atom is -0.406 e. The predicted molar refractivity (Wildman–Crippen MR) is 104 cm³/mol. The lowest BCUT2D eigenvalue weighted by molar-refractivity contribution is -0.274. The van der Waals surface area contributed by atoms with Gasteiger partial charge in [0.1, 0.15) is 5.75 Å². The van der Waals surface area contributed by atoms with E-state index in [1.807, 2.05) is 41.8 Å². The Labute approximate surface area is 169 Å². The first kappa shape index (κ1) is 20.7. The molecule has 10 heteroatoms. The minimum atomic E-state index is -4.75. The fourth-order valence-corrected chi connectivity index (χ4v) is 3.35. The lowest BCUT2D eigenvalue weighted by Gasteiger charge is -2.10. The smallest absolute Gasteiger partial charge is 0.406 e. The van der Waals surface area contributed by atoms with Gasteiger partial charge in [-0.3, -0.25) is 4.79 Å². The number of halogens is 3. The number of alkyl halides is 3. The molecule has 0 radical (unpaired) electrons. The highest BCUT2D eigenvalue weighted by Gasteiger charge is 2.30.